The van der Waals surface area contributed by atoms with Crippen molar-refractivity contribution in [3.8, 4) is 11.5 Å². The molecule has 0 saturated heterocycles. The lowest BCUT2D eigenvalue weighted by Gasteiger charge is -2.06. The molecular formula is C22H18N2O5. The van der Waals surface area contributed by atoms with E-state index in [4.69, 9.17) is 9.47 Å². The van der Waals surface area contributed by atoms with Crippen LogP contribution in [0.2, 0.25) is 0 Å². The van der Waals surface area contributed by atoms with Crippen LogP contribution in [0.5, 0.6) is 11.5 Å². The van der Waals surface area contributed by atoms with Gasteiger partial charge in [-0.3, -0.25) is 15.1 Å². The van der Waals surface area contributed by atoms with E-state index in [0.717, 1.165) is 11.3 Å². The lowest BCUT2D eigenvalue weighted by molar-refractivity contribution is -0.385. The molecular weight excluding hydrogens is 372 g/mol. The SMILES string of the molecule is COc1ccc(C(=O)Oc2ccc(C=Nc3cccc(C)c3)cc2[N+](=O)[O-])cc1. The Kier molecular flexibility index (Phi) is 5.99. The fourth-order valence-corrected chi connectivity index (χ4v) is 2.59. The highest BCUT2D eigenvalue weighted by Gasteiger charge is 2.19. The van der Waals surface area contributed by atoms with Crippen molar-refractivity contribution in [2.45, 2.75) is 6.92 Å². The number of ether oxygens (including phenoxy) is 2. The van der Waals surface area contributed by atoms with Gasteiger partial charge in [0.15, 0.2) is 0 Å². The van der Waals surface area contributed by atoms with E-state index in [1.165, 1.54) is 37.6 Å². The summed E-state index contributed by atoms with van der Waals surface area (Å²) in [6.07, 6.45) is 1.52. The van der Waals surface area contributed by atoms with Gasteiger partial charge in [0.2, 0.25) is 5.75 Å². The molecule has 0 fully saturated rings. The Morgan fingerprint density at radius 3 is 2.48 bits per heavy atom. The summed E-state index contributed by atoms with van der Waals surface area (Å²) in [6.45, 7) is 1.95. The Balaban J connectivity index is 1.82. The lowest BCUT2D eigenvalue weighted by atomic mass is 10.2. The summed E-state index contributed by atoms with van der Waals surface area (Å²) in [5.41, 5.74) is 2.25. The fraction of sp³-hybridized carbons (Fsp3) is 0.0909. The molecule has 3 aromatic carbocycles. The van der Waals surface area contributed by atoms with Gasteiger partial charge in [-0.05, 0) is 66.6 Å². The van der Waals surface area contributed by atoms with Gasteiger partial charge in [-0.2, -0.15) is 0 Å². The maximum atomic E-state index is 12.3. The smallest absolute Gasteiger partial charge is 0.343 e. The topological polar surface area (TPSA) is 91.0 Å². The second kappa shape index (κ2) is 8.79. The number of nitro benzene ring substituents is 1. The molecule has 0 aliphatic heterocycles. The van der Waals surface area contributed by atoms with Gasteiger partial charge in [-0.15, -0.1) is 0 Å². The van der Waals surface area contributed by atoms with Crippen LogP contribution in [0.1, 0.15) is 21.5 Å². The lowest BCUT2D eigenvalue weighted by Crippen LogP contribution is -2.10. The Morgan fingerprint density at radius 1 is 1.07 bits per heavy atom. The van der Waals surface area contributed by atoms with E-state index in [1.807, 2.05) is 31.2 Å². The number of carbonyl (C=O) groups excluding carboxylic acids is 1. The Morgan fingerprint density at radius 2 is 1.83 bits per heavy atom. The van der Waals surface area contributed by atoms with E-state index in [9.17, 15) is 14.9 Å². The summed E-state index contributed by atoms with van der Waals surface area (Å²) in [5.74, 6) is -0.245. The van der Waals surface area contributed by atoms with Gasteiger partial charge in [0.25, 0.3) is 0 Å². The molecule has 0 aromatic heterocycles. The highest BCUT2D eigenvalue weighted by atomic mass is 16.6. The number of aliphatic imine (C=N–C) groups is 1. The Bertz CT molecular complexity index is 1070. The Hall–Kier alpha value is -4.00. The minimum Gasteiger partial charge on any atom is -0.497 e. The average Bonchev–Trinajstić information content (AvgIpc) is 2.73. The summed E-state index contributed by atoms with van der Waals surface area (Å²) in [6, 6.07) is 18.1. The van der Waals surface area contributed by atoms with Crippen molar-refractivity contribution in [3.63, 3.8) is 0 Å². The predicted molar refractivity (Wildman–Crippen MR) is 109 cm³/mol. The molecule has 3 aromatic rings. The summed E-state index contributed by atoms with van der Waals surface area (Å²) >= 11 is 0. The molecule has 0 unspecified atom stereocenters. The highest BCUT2D eigenvalue weighted by Crippen LogP contribution is 2.29. The maximum absolute atomic E-state index is 12.3. The van der Waals surface area contributed by atoms with Crippen molar-refractivity contribution in [1.29, 1.82) is 0 Å². The van der Waals surface area contributed by atoms with Crippen molar-refractivity contribution >= 4 is 23.6 Å². The van der Waals surface area contributed by atoms with E-state index >= 15 is 0 Å². The molecule has 7 heteroatoms. The molecule has 0 heterocycles. The molecule has 0 spiro atoms. The number of rotatable bonds is 6. The van der Waals surface area contributed by atoms with E-state index < -0.39 is 10.9 Å². The number of benzene rings is 3. The fourth-order valence-electron chi connectivity index (χ4n) is 2.59. The predicted octanol–water partition coefficient (Wildman–Crippen LogP) is 4.88. The number of nitrogens with zero attached hydrogens (tertiary/aromatic N) is 2. The maximum Gasteiger partial charge on any atom is 0.343 e. The molecule has 0 aliphatic rings. The van der Waals surface area contributed by atoms with Crippen LogP contribution in [0.4, 0.5) is 11.4 Å². The third-order valence-electron chi connectivity index (χ3n) is 4.07. The van der Waals surface area contributed by atoms with Crippen LogP contribution in [-0.2, 0) is 0 Å². The van der Waals surface area contributed by atoms with Gasteiger partial charge in [0.1, 0.15) is 5.75 Å². The van der Waals surface area contributed by atoms with Crippen LogP contribution in [0.15, 0.2) is 71.7 Å². The number of carbonyl (C=O) groups is 1. The Labute approximate surface area is 167 Å². The number of esters is 1. The summed E-state index contributed by atoms with van der Waals surface area (Å²) in [5, 5.41) is 11.4. The monoisotopic (exact) mass is 390 g/mol. The summed E-state index contributed by atoms with van der Waals surface area (Å²) < 4.78 is 10.3. The molecule has 146 valence electrons. The number of nitro groups is 1. The molecule has 0 N–H and O–H groups in total. The van der Waals surface area contributed by atoms with E-state index in [1.54, 1.807) is 18.2 Å². The molecule has 0 radical (unpaired) electrons. The van der Waals surface area contributed by atoms with Gasteiger partial charge in [0, 0.05) is 12.3 Å². The quantitative estimate of drug-likeness (QED) is 0.197. The second-order valence-corrected chi connectivity index (χ2v) is 6.20. The van der Waals surface area contributed by atoms with Crippen LogP contribution in [-0.4, -0.2) is 24.2 Å². The van der Waals surface area contributed by atoms with Gasteiger partial charge < -0.3 is 9.47 Å². The van der Waals surface area contributed by atoms with Crippen LogP contribution >= 0.6 is 0 Å². The van der Waals surface area contributed by atoms with Crippen LogP contribution in [0.25, 0.3) is 0 Å². The molecule has 0 bridgehead atoms. The molecule has 0 amide bonds. The number of hydrogen-bond acceptors (Lipinski definition) is 6. The van der Waals surface area contributed by atoms with Crippen molar-refractivity contribution in [1.82, 2.24) is 0 Å². The standard InChI is InChI=1S/C22H18N2O5/c1-15-4-3-5-18(12-15)23-14-16-6-11-21(20(13-16)24(26)27)29-22(25)17-7-9-19(28-2)10-8-17/h3-14H,1-2H3. The van der Waals surface area contributed by atoms with E-state index in [0.29, 0.717) is 11.3 Å². The average molecular weight is 390 g/mol. The molecule has 0 aliphatic carbocycles. The van der Waals surface area contributed by atoms with Gasteiger partial charge in [-0.1, -0.05) is 12.1 Å². The van der Waals surface area contributed by atoms with Gasteiger partial charge in [-0.25, -0.2) is 4.79 Å². The molecule has 3 rings (SSSR count). The number of methoxy groups -OCH3 is 1. The van der Waals surface area contributed by atoms with Crippen molar-refractivity contribution in [3.05, 3.63) is 93.5 Å². The zero-order chi connectivity index (χ0) is 20.8. The molecule has 0 atom stereocenters. The first-order valence-corrected chi connectivity index (χ1v) is 8.71. The van der Waals surface area contributed by atoms with E-state index in [2.05, 4.69) is 4.99 Å². The zero-order valence-electron chi connectivity index (χ0n) is 15.9. The molecule has 7 nitrogen and oxygen atoms in total. The normalized spacial score (nSPS) is 10.7. The highest BCUT2D eigenvalue weighted by molar-refractivity contribution is 5.92. The minimum atomic E-state index is -0.697. The first-order chi connectivity index (χ1) is 14.0. The van der Waals surface area contributed by atoms with E-state index in [-0.39, 0.29) is 17.0 Å². The van der Waals surface area contributed by atoms with Gasteiger partial charge >= 0.3 is 11.7 Å². The molecule has 29 heavy (non-hydrogen) atoms. The van der Waals surface area contributed by atoms with Crippen LogP contribution < -0.4 is 9.47 Å². The minimum absolute atomic E-state index is 0.136. The summed E-state index contributed by atoms with van der Waals surface area (Å²) in [7, 11) is 1.51. The molecule has 0 saturated carbocycles. The zero-order valence-corrected chi connectivity index (χ0v) is 15.9. The number of hydrogen-bond donors (Lipinski definition) is 0. The van der Waals surface area contributed by atoms with Crippen molar-refractivity contribution in [2.75, 3.05) is 7.11 Å². The largest absolute Gasteiger partial charge is 0.497 e. The third kappa shape index (κ3) is 5.04. The van der Waals surface area contributed by atoms with Crippen molar-refractivity contribution in [2.24, 2.45) is 4.99 Å². The van der Waals surface area contributed by atoms with Crippen molar-refractivity contribution < 1.29 is 19.2 Å². The third-order valence-corrected chi connectivity index (χ3v) is 4.07. The first-order valence-electron chi connectivity index (χ1n) is 8.71. The van der Waals surface area contributed by atoms with Crippen LogP contribution in [0, 0.1) is 17.0 Å². The summed E-state index contributed by atoms with van der Waals surface area (Å²) in [4.78, 5) is 27.5. The second-order valence-electron chi connectivity index (χ2n) is 6.20. The van der Waals surface area contributed by atoms with Gasteiger partial charge in [0.05, 0.1) is 23.3 Å². The van der Waals surface area contributed by atoms with Crippen LogP contribution in [0.3, 0.4) is 0 Å². The number of aryl methyl sites for hydroxylation is 1. The first kappa shape index (κ1) is 19.8.